The van der Waals surface area contributed by atoms with Crippen LogP contribution in [-0.2, 0) is 0 Å². The molecule has 0 radical (unpaired) electrons. The summed E-state index contributed by atoms with van der Waals surface area (Å²) in [6.07, 6.45) is 7.06. The van der Waals surface area contributed by atoms with Crippen molar-refractivity contribution in [3.05, 3.63) is 58.7 Å². The summed E-state index contributed by atoms with van der Waals surface area (Å²) >= 11 is 3.37. The average Bonchev–Trinajstić information content (AvgIpc) is 3.20. The Labute approximate surface area is 141 Å². The van der Waals surface area contributed by atoms with E-state index >= 15 is 0 Å². The number of carbonyl (C=O) groups is 1. The molecule has 1 amide bonds. The van der Waals surface area contributed by atoms with Crippen LogP contribution in [0.5, 0.6) is 0 Å². The molecule has 116 valence electrons. The Morgan fingerprint density at radius 1 is 1.26 bits per heavy atom. The number of carbonyl (C=O) groups excluding carboxylic acids is 1. The van der Waals surface area contributed by atoms with E-state index in [1.807, 2.05) is 33.7 Å². The molecule has 7 heteroatoms. The molecular weight excluding hydrogens is 358 g/mol. The first-order valence-electron chi connectivity index (χ1n) is 7.45. The van der Waals surface area contributed by atoms with Gasteiger partial charge in [0.25, 0.3) is 5.91 Å². The van der Waals surface area contributed by atoms with Crippen molar-refractivity contribution in [3.63, 3.8) is 0 Å². The first kappa shape index (κ1) is 14.3. The van der Waals surface area contributed by atoms with Crippen molar-refractivity contribution in [1.29, 1.82) is 0 Å². The molecule has 23 heavy (non-hydrogen) atoms. The summed E-state index contributed by atoms with van der Waals surface area (Å²) in [4.78, 5) is 18.8. The van der Waals surface area contributed by atoms with Gasteiger partial charge in [0.05, 0.1) is 11.6 Å². The van der Waals surface area contributed by atoms with Crippen molar-refractivity contribution in [2.45, 2.75) is 18.9 Å². The molecule has 1 aliphatic heterocycles. The quantitative estimate of drug-likeness (QED) is 0.694. The van der Waals surface area contributed by atoms with Crippen LogP contribution in [0.3, 0.4) is 0 Å². The lowest BCUT2D eigenvalue weighted by atomic mass is 10.2. The molecule has 0 unspecified atom stereocenters. The zero-order valence-electron chi connectivity index (χ0n) is 12.3. The maximum Gasteiger partial charge on any atom is 0.256 e. The molecule has 1 fully saturated rings. The van der Waals surface area contributed by atoms with Gasteiger partial charge in [-0.2, -0.15) is 0 Å². The van der Waals surface area contributed by atoms with Gasteiger partial charge in [-0.15, -0.1) is 10.2 Å². The summed E-state index contributed by atoms with van der Waals surface area (Å²) in [5, 5.41) is 8.51. The molecule has 6 nitrogen and oxygen atoms in total. The maximum absolute atomic E-state index is 12.8. The summed E-state index contributed by atoms with van der Waals surface area (Å²) < 4.78 is 2.75. The number of hydrogen-bond donors (Lipinski definition) is 0. The lowest BCUT2D eigenvalue weighted by Gasteiger charge is -2.23. The summed E-state index contributed by atoms with van der Waals surface area (Å²) in [6, 6.07) is 7.53. The second-order valence-corrected chi connectivity index (χ2v) is 6.45. The van der Waals surface area contributed by atoms with E-state index in [0.29, 0.717) is 5.56 Å². The number of aromatic nitrogens is 4. The van der Waals surface area contributed by atoms with E-state index in [-0.39, 0.29) is 11.9 Å². The number of likely N-dealkylation sites (tertiary alicyclic amines) is 1. The zero-order chi connectivity index (χ0) is 15.8. The molecule has 0 bridgehead atoms. The molecule has 3 aromatic heterocycles. The van der Waals surface area contributed by atoms with Gasteiger partial charge in [0, 0.05) is 29.6 Å². The fourth-order valence-corrected chi connectivity index (χ4v) is 3.42. The topological polar surface area (TPSA) is 63.4 Å². The van der Waals surface area contributed by atoms with Crippen molar-refractivity contribution in [3.8, 4) is 0 Å². The third-order valence-corrected chi connectivity index (χ3v) is 4.54. The van der Waals surface area contributed by atoms with E-state index in [1.165, 1.54) is 0 Å². The second-order valence-electron chi connectivity index (χ2n) is 5.54. The standard InChI is InChI=1S/C16H14BrN5O/c17-12-8-11(9-18-10-12)16(23)21-7-3-4-13(21)15-20-19-14-5-1-2-6-22(14)15/h1-2,5-6,8-10,13H,3-4,7H2/t13-/m0/s1. The van der Waals surface area contributed by atoms with Crippen molar-refractivity contribution in [2.24, 2.45) is 0 Å². The summed E-state index contributed by atoms with van der Waals surface area (Å²) in [5.41, 5.74) is 1.38. The third-order valence-electron chi connectivity index (χ3n) is 4.10. The SMILES string of the molecule is O=C(c1cncc(Br)c1)N1CCC[C@H]1c1nnc2ccccn12. The highest BCUT2D eigenvalue weighted by molar-refractivity contribution is 9.10. The van der Waals surface area contributed by atoms with Gasteiger partial charge in [0.2, 0.25) is 0 Å². The Morgan fingerprint density at radius 3 is 3.04 bits per heavy atom. The number of fused-ring (bicyclic) bond motifs is 1. The van der Waals surface area contributed by atoms with Crippen LogP contribution in [0.1, 0.15) is 35.1 Å². The lowest BCUT2D eigenvalue weighted by molar-refractivity contribution is 0.0728. The Bertz CT molecular complexity index is 878. The highest BCUT2D eigenvalue weighted by atomic mass is 79.9. The van der Waals surface area contributed by atoms with Crippen LogP contribution >= 0.6 is 15.9 Å². The molecule has 4 rings (SSSR count). The fourth-order valence-electron chi connectivity index (χ4n) is 3.06. The molecule has 0 saturated carbocycles. The molecule has 0 aromatic carbocycles. The van der Waals surface area contributed by atoms with Crippen LogP contribution in [0, 0.1) is 0 Å². The minimum Gasteiger partial charge on any atom is -0.328 e. The maximum atomic E-state index is 12.8. The highest BCUT2D eigenvalue weighted by Gasteiger charge is 2.33. The molecule has 4 heterocycles. The van der Waals surface area contributed by atoms with Gasteiger partial charge < -0.3 is 4.90 Å². The molecule has 1 aliphatic rings. The van der Waals surface area contributed by atoms with Crippen molar-refractivity contribution in [2.75, 3.05) is 6.54 Å². The van der Waals surface area contributed by atoms with Crippen LogP contribution in [0.25, 0.3) is 5.65 Å². The van der Waals surface area contributed by atoms with Gasteiger partial charge in [-0.25, -0.2) is 0 Å². The molecule has 0 spiro atoms. The molecular formula is C16H14BrN5O. The van der Waals surface area contributed by atoms with Crippen molar-refractivity contribution < 1.29 is 4.79 Å². The van der Waals surface area contributed by atoms with Crippen molar-refractivity contribution >= 4 is 27.5 Å². The van der Waals surface area contributed by atoms with E-state index in [1.54, 1.807) is 18.5 Å². The zero-order valence-corrected chi connectivity index (χ0v) is 13.8. The number of pyridine rings is 2. The van der Waals surface area contributed by atoms with Gasteiger partial charge in [-0.1, -0.05) is 6.07 Å². The number of nitrogens with zero attached hydrogens (tertiary/aromatic N) is 5. The Morgan fingerprint density at radius 2 is 2.17 bits per heavy atom. The second kappa shape index (κ2) is 5.73. The Kier molecular flexibility index (Phi) is 3.57. The van der Waals surface area contributed by atoms with E-state index in [0.717, 1.165) is 35.3 Å². The number of hydrogen-bond acceptors (Lipinski definition) is 4. The van der Waals surface area contributed by atoms with Crippen LogP contribution in [0.4, 0.5) is 0 Å². The van der Waals surface area contributed by atoms with Crippen LogP contribution in [-0.4, -0.2) is 36.9 Å². The number of rotatable bonds is 2. The first-order valence-corrected chi connectivity index (χ1v) is 8.24. The first-order chi connectivity index (χ1) is 11.2. The number of amides is 1. The minimum atomic E-state index is -0.0566. The van der Waals surface area contributed by atoms with E-state index in [2.05, 4.69) is 31.1 Å². The predicted octanol–water partition coefficient (Wildman–Crippen LogP) is 2.86. The molecule has 0 aliphatic carbocycles. The Balaban J connectivity index is 1.70. The van der Waals surface area contributed by atoms with Crippen molar-refractivity contribution in [1.82, 2.24) is 24.5 Å². The normalized spacial score (nSPS) is 17.8. The van der Waals surface area contributed by atoms with E-state index < -0.39 is 0 Å². The largest absolute Gasteiger partial charge is 0.328 e. The van der Waals surface area contributed by atoms with Gasteiger partial charge in [-0.05, 0) is 47.0 Å². The third kappa shape index (κ3) is 2.50. The van der Waals surface area contributed by atoms with Gasteiger partial charge in [-0.3, -0.25) is 14.2 Å². The minimum absolute atomic E-state index is 0.0195. The van der Waals surface area contributed by atoms with Crippen LogP contribution < -0.4 is 0 Å². The Hall–Kier alpha value is -2.28. The molecule has 0 N–H and O–H groups in total. The van der Waals surface area contributed by atoms with Crippen LogP contribution in [0.15, 0.2) is 47.3 Å². The average molecular weight is 372 g/mol. The highest BCUT2D eigenvalue weighted by Crippen LogP contribution is 2.32. The summed E-state index contributed by atoms with van der Waals surface area (Å²) in [7, 11) is 0. The van der Waals surface area contributed by atoms with Crippen LogP contribution in [0.2, 0.25) is 0 Å². The monoisotopic (exact) mass is 371 g/mol. The van der Waals surface area contributed by atoms with Gasteiger partial charge in [0.15, 0.2) is 11.5 Å². The summed E-state index contributed by atoms with van der Waals surface area (Å²) in [5.74, 6) is 0.795. The smallest absolute Gasteiger partial charge is 0.256 e. The van der Waals surface area contributed by atoms with Gasteiger partial charge >= 0.3 is 0 Å². The van der Waals surface area contributed by atoms with E-state index in [4.69, 9.17) is 0 Å². The predicted molar refractivity (Wildman–Crippen MR) is 87.9 cm³/mol. The lowest BCUT2D eigenvalue weighted by Crippen LogP contribution is -2.31. The number of halogens is 1. The summed E-state index contributed by atoms with van der Waals surface area (Å²) in [6.45, 7) is 0.720. The van der Waals surface area contributed by atoms with Gasteiger partial charge in [0.1, 0.15) is 0 Å². The molecule has 1 atom stereocenters. The molecule has 3 aromatic rings. The fraction of sp³-hybridized carbons (Fsp3) is 0.250. The van der Waals surface area contributed by atoms with E-state index in [9.17, 15) is 4.79 Å². The molecule has 1 saturated heterocycles.